The summed E-state index contributed by atoms with van der Waals surface area (Å²) in [7, 11) is 0. The second-order valence-electron chi connectivity index (χ2n) is 5.70. The molecule has 7 heteroatoms. The van der Waals surface area contributed by atoms with E-state index in [4.69, 9.17) is 4.42 Å². The molecule has 0 aliphatic heterocycles. The zero-order valence-corrected chi connectivity index (χ0v) is 13.5. The van der Waals surface area contributed by atoms with Crippen molar-refractivity contribution in [1.82, 2.24) is 0 Å². The lowest BCUT2D eigenvalue weighted by Gasteiger charge is -2.09. The first-order valence-electron chi connectivity index (χ1n) is 7.46. The fourth-order valence-electron chi connectivity index (χ4n) is 2.53. The highest BCUT2D eigenvalue weighted by molar-refractivity contribution is 6.05. The lowest BCUT2D eigenvalue weighted by Crippen LogP contribution is -2.21. The van der Waals surface area contributed by atoms with Crippen LogP contribution in [0.15, 0.2) is 51.7 Å². The van der Waals surface area contributed by atoms with Gasteiger partial charge in [0.15, 0.2) is 0 Å². The van der Waals surface area contributed by atoms with Crippen LogP contribution < -0.4 is 10.9 Å². The van der Waals surface area contributed by atoms with Crippen molar-refractivity contribution in [3.05, 3.63) is 79.7 Å². The maximum absolute atomic E-state index is 12.4. The van der Waals surface area contributed by atoms with Crippen LogP contribution in [0.25, 0.3) is 11.0 Å². The Kier molecular flexibility index (Phi) is 4.06. The molecule has 0 unspecified atom stereocenters. The average molecular weight is 338 g/mol. The Morgan fingerprint density at radius 1 is 1.12 bits per heavy atom. The fraction of sp³-hybridized carbons (Fsp3) is 0.111. The standard InChI is InChI=1S/C18H14N2O5/c1-10-3-5-15(11(2)7-10)19-17(21)14-9-12-8-13(20(23)24)4-6-16(12)25-18(14)22/h3-9H,1-2H3,(H,19,21). The quantitative estimate of drug-likeness (QED) is 0.447. The fourth-order valence-corrected chi connectivity index (χ4v) is 2.53. The molecule has 0 aliphatic carbocycles. The first-order chi connectivity index (χ1) is 11.8. The first-order valence-corrected chi connectivity index (χ1v) is 7.46. The van der Waals surface area contributed by atoms with E-state index in [2.05, 4.69) is 5.32 Å². The number of non-ortho nitro benzene ring substituents is 1. The SMILES string of the molecule is Cc1ccc(NC(=O)c2cc3cc([N+](=O)[O-])ccc3oc2=O)c(C)c1. The van der Waals surface area contributed by atoms with Gasteiger partial charge in [0.05, 0.1) is 4.92 Å². The molecule has 7 nitrogen and oxygen atoms in total. The monoisotopic (exact) mass is 338 g/mol. The summed E-state index contributed by atoms with van der Waals surface area (Å²) < 4.78 is 5.10. The van der Waals surface area contributed by atoms with E-state index >= 15 is 0 Å². The van der Waals surface area contributed by atoms with Gasteiger partial charge < -0.3 is 9.73 Å². The van der Waals surface area contributed by atoms with Gasteiger partial charge >= 0.3 is 5.63 Å². The number of aryl methyl sites for hydroxylation is 2. The maximum Gasteiger partial charge on any atom is 0.349 e. The zero-order chi connectivity index (χ0) is 18.1. The van der Waals surface area contributed by atoms with Gasteiger partial charge in [-0.2, -0.15) is 0 Å². The molecule has 126 valence electrons. The molecule has 0 saturated carbocycles. The Hall–Kier alpha value is -3.48. The van der Waals surface area contributed by atoms with E-state index in [1.165, 1.54) is 24.3 Å². The van der Waals surface area contributed by atoms with Gasteiger partial charge in [0.1, 0.15) is 11.1 Å². The van der Waals surface area contributed by atoms with E-state index in [9.17, 15) is 19.7 Å². The molecule has 0 saturated heterocycles. The molecule has 25 heavy (non-hydrogen) atoms. The van der Waals surface area contributed by atoms with Crippen molar-refractivity contribution in [3.8, 4) is 0 Å². The molecule has 0 bridgehead atoms. The van der Waals surface area contributed by atoms with E-state index in [1.54, 1.807) is 6.07 Å². The van der Waals surface area contributed by atoms with Crippen LogP contribution in [0.2, 0.25) is 0 Å². The van der Waals surface area contributed by atoms with Crippen LogP contribution in [0.5, 0.6) is 0 Å². The molecule has 1 N–H and O–H groups in total. The second kappa shape index (κ2) is 6.20. The Morgan fingerprint density at radius 2 is 1.88 bits per heavy atom. The third-order valence-corrected chi connectivity index (χ3v) is 3.80. The number of amides is 1. The highest BCUT2D eigenvalue weighted by Crippen LogP contribution is 2.21. The minimum absolute atomic E-state index is 0.151. The third kappa shape index (κ3) is 3.25. The predicted octanol–water partition coefficient (Wildman–Crippen LogP) is 3.57. The maximum atomic E-state index is 12.4. The molecule has 3 aromatic rings. The number of benzene rings is 2. The second-order valence-corrected chi connectivity index (χ2v) is 5.70. The third-order valence-electron chi connectivity index (χ3n) is 3.80. The smallest absolute Gasteiger partial charge is 0.349 e. The van der Waals surface area contributed by atoms with Crippen molar-refractivity contribution in [2.24, 2.45) is 0 Å². The van der Waals surface area contributed by atoms with Gasteiger partial charge in [0.25, 0.3) is 11.6 Å². The Morgan fingerprint density at radius 3 is 2.56 bits per heavy atom. The van der Waals surface area contributed by atoms with Gasteiger partial charge in [-0.3, -0.25) is 14.9 Å². The number of nitrogens with one attached hydrogen (secondary N) is 1. The lowest BCUT2D eigenvalue weighted by molar-refractivity contribution is -0.384. The van der Waals surface area contributed by atoms with Crippen molar-refractivity contribution in [2.45, 2.75) is 13.8 Å². The lowest BCUT2D eigenvalue weighted by atomic mass is 10.1. The van der Waals surface area contributed by atoms with Crippen molar-refractivity contribution in [1.29, 1.82) is 0 Å². The summed E-state index contributed by atoms with van der Waals surface area (Å²) in [5.41, 5.74) is 1.49. The molecule has 0 radical (unpaired) electrons. The van der Waals surface area contributed by atoms with E-state index in [0.29, 0.717) is 11.1 Å². The number of nitro benzene ring substituents is 1. The molecule has 0 spiro atoms. The summed E-state index contributed by atoms with van der Waals surface area (Å²) in [6, 6.07) is 10.6. The van der Waals surface area contributed by atoms with Gasteiger partial charge in [0.2, 0.25) is 0 Å². The minimum atomic E-state index is -0.802. The number of carbonyl (C=O) groups excluding carboxylic acids is 1. The van der Waals surface area contributed by atoms with E-state index in [0.717, 1.165) is 11.1 Å². The van der Waals surface area contributed by atoms with Crippen molar-refractivity contribution in [2.75, 3.05) is 5.32 Å². The molecule has 1 heterocycles. The summed E-state index contributed by atoms with van der Waals surface area (Å²) in [5.74, 6) is -0.630. The Labute approximate surface area is 142 Å². The average Bonchev–Trinajstić information content (AvgIpc) is 2.56. The minimum Gasteiger partial charge on any atom is -0.422 e. The molecule has 2 aromatic carbocycles. The Balaban J connectivity index is 2.01. The predicted molar refractivity (Wildman–Crippen MR) is 93.0 cm³/mol. The van der Waals surface area contributed by atoms with Gasteiger partial charge in [-0.1, -0.05) is 17.7 Å². The number of fused-ring (bicyclic) bond motifs is 1. The van der Waals surface area contributed by atoms with E-state index < -0.39 is 16.5 Å². The van der Waals surface area contributed by atoms with Gasteiger partial charge in [0, 0.05) is 23.2 Å². The highest BCUT2D eigenvalue weighted by atomic mass is 16.6. The summed E-state index contributed by atoms with van der Waals surface area (Å²) in [6.07, 6.45) is 0. The van der Waals surface area contributed by atoms with Gasteiger partial charge in [-0.05, 0) is 37.6 Å². The number of anilines is 1. The van der Waals surface area contributed by atoms with Crippen LogP contribution >= 0.6 is 0 Å². The van der Waals surface area contributed by atoms with E-state index in [-0.39, 0.29) is 16.8 Å². The molecular formula is C18H14N2O5. The van der Waals surface area contributed by atoms with Crippen molar-refractivity contribution in [3.63, 3.8) is 0 Å². The summed E-state index contributed by atoms with van der Waals surface area (Å²) >= 11 is 0. The largest absolute Gasteiger partial charge is 0.422 e. The van der Waals surface area contributed by atoms with Gasteiger partial charge in [-0.15, -0.1) is 0 Å². The first kappa shape index (κ1) is 16.4. The van der Waals surface area contributed by atoms with Gasteiger partial charge in [-0.25, -0.2) is 4.79 Å². The topological polar surface area (TPSA) is 102 Å². The number of hydrogen-bond donors (Lipinski definition) is 1. The molecule has 0 fully saturated rings. The molecule has 3 rings (SSSR count). The van der Waals surface area contributed by atoms with Crippen LogP contribution in [-0.2, 0) is 0 Å². The Bertz CT molecular complexity index is 1070. The number of rotatable bonds is 3. The molecule has 0 aliphatic rings. The van der Waals surface area contributed by atoms with E-state index in [1.807, 2.05) is 26.0 Å². The number of nitro groups is 1. The number of nitrogens with zero attached hydrogens (tertiary/aromatic N) is 1. The van der Waals surface area contributed by atoms with Crippen LogP contribution in [0, 0.1) is 24.0 Å². The van der Waals surface area contributed by atoms with Crippen LogP contribution in [0.4, 0.5) is 11.4 Å². The summed E-state index contributed by atoms with van der Waals surface area (Å²) in [6.45, 7) is 3.78. The normalized spacial score (nSPS) is 10.6. The molecular weight excluding hydrogens is 324 g/mol. The van der Waals surface area contributed by atoms with Crippen LogP contribution in [0.1, 0.15) is 21.5 Å². The summed E-state index contributed by atoms with van der Waals surface area (Å²) in [5, 5.41) is 13.8. The highest BCUT2D eigenvalue weighted by Gasteiger charge is 2.16. The molecule has 0 atom stereocenters. The zero-order valence-electron chi connectivity index (χ0n) is 13.5. The van der Waals surface area contributed by atoms with Crippen LogP contribution in [0.3, 0.4) is 0 Å². The van der Waals surface area contributed by atoms with Crippen molar-refractivity contribution < 1.29 is 14.1 Å². The molecule has 1 aromatic heterocycles. The van der Waals surface area contributed by atoms with Crippen molar-refractivity contribution >= 4 is 28.3 Å². The molecule has 1 amide bonds. The number of hydrogen-bond acceptors (Lipinski definition) is 5. The summed E-state index contributed by atoms with van der Waals surface area (Å²) in [4.78, 5) is 34.8. The number of carbonyl (C=O) groups is 1. The van der Waals surface area contributed by atoms with Crippen LogP contribution in [-0.4, -0.2) is 10.8 Å².